The number of benzene rings is 3. The van der Waals surface area contributed by atoms with E-state index in [-0.39, 0.29) is 24.2 Å². The smallest absolute Gasteiger partial charge is 0.412 e. The van der Waals surface area contributed by atoms with Crippen molar-refractivity contribution in [3.8, 4) is 0 Å². The van der Waals surface area contributed by atoms with Gasteiger partial charge in [0.15, 0.2) is 0 Å². The number of anilines is 2. The molecule has 2 heterocycles. The highest BCUT2D eigenvalue weighted by Crippen LogP contribution is 2.30. The number of amides is 3. The van der Waals surface area contributed by atoms with Crippen molar-refractivity contribution in [2.24, 2.45) is 0 Å². The van der Waals surface area contributed by atoms with Gasteiger partial charge in [0.1, 0.15) is 12.4 Å². The van der Waals surface area contributed by atoms with Gasteiger partial charge in [0.2, 0.25) is 0 Å². The molecule has 0 radical (unpaired) electrons. The Morgan fingerprint density at radius 3 is 2.29 bits per heavy atom. The topological polar surface area (TPSA) is 94.2 Å². The van der Waals surface area contributed by atoms with Gasteiger partial charge in [0.25, 0.3) is 11.8 Å². The second-order valence-corrected chi connectivity index (χ2v) is 10.5. The van der Waals surface area contributed by atoms with Crippen LogP contribution in [0.4, 0.5) is 20.6 Å². The fraction of sp³-hybridized carbons (Fsp3) is 0.344. The molecule has 42 heavy (non-hydrogen) atoms. The number of rotatable bonds is 6. The van der Waals surface area contributed by atoms with Crippen LogP contribution >= 0.6 is 0 Å². The van der Waals surface area contributed by atoms with Gasteiger partial charge < -0.3 is 24.8 Å². The number of nitrogens with one attached hydrogen (secondary N) is 2. The summed E-state index contributed by atoms with van der Waals surface area (Å²) in [4.78, 5) is 45.1. The largest absolute Gasteiger partial charge is 0.444 e. The van der Waals surface area contributed by atoms with Gasteiger partial charge in [-0.25, -0.2) is 9.18 Å². The number of ether oxygens (including phenoxy) is 1. The van der Waals surface area contributed by atoms with Gasteiger partial charge in [-0.15, -0.1) is 0 Å². The number of nitrogens with zero attached hydrogens (tertiary/aromatic N) is 3. The maximum absolute atomic E-state index is 13.4. The average Bonchev–Trinajstić information content (AvgIpc) is 3.44. The van der Waals surface area contributed by atoms with Gasteiger partial charge in [-0.2, -0.15) is 0 Å². The predicted octanol–water partition coefficient (Wildman–Crippen LogP) is 4.36. The van der Waals surface area contributed by atoms with Gasteiger partial charge >= 0.3 is 6.09 Å². The Morgan fingerprint density at radius 1 is 0.762 bits per heavy atom. The number of carbonyl (C=O) groups is 3. The molecule has 220 valence electrons. The van der Waals surface area contributed by atoms with E-state index in [1.54, 1.807) is 17.0 Å². The molecule has 2 fully saturated rings. The zero-order valence-corrected chi connectivity index (χ0v) is 23.6. The van der Waals surface area contributed by atoms with Gasteiger partial charge in [0.05, 0.1) is 11.4 Å². The summed E-state index contributed by atoms with van der Waals surface area (Å²) < 4.78 is 18.9. The molecule has 0 saturated carbocycles. The molecule has 2 aliphatic rings. The van der Waals surface area contributed by atoms with Crippen LogP contribution < -0.4 is 15.5 Å². The molecule has 2 N–H and O–H groups in total. The van der Waals surface area contributed by atoms with Crippen LogP contribution in [0.15, 0.2) is 72.8 Å². The fourth-order valence-electron chi connectivity index (χ4n) is 5.28. The van der Waals surface area contributed by atoms with E-state index in [1.165, 1.54) is 24.3 Å². The molecule has 9 nitrogen and oxygen atoms in total. The molecule has 0 spiro atoms. The molecular formula is C32H36FN5O4. The summed E-state index contributed by atoms with van der Waals surface area (Å²) in [5.41, 5.74) is 3.02. The molecule has 5 rings (SSSR count). The van der Waals surface area contributed by atoms with Gasteiger partial charge in [-0.05, 0) is 67.4 Å². The summed E-state index contributed by atoms with van der Waals surface area (Å²) in [5.74, 6) is -0.615. The van der Waals surface area contributed by atoms with Crippen LogP contribution in [0.2, 0.25) is 0 Å². The normalized spacial score (nSPS) is 15.9. The first-order chi connectivity index (χ1) is 20.5. The van der Waals surface area contributed by atoms with Crippen molar-refractivity contribution in [1.29, 1.82) is 0 Å². The van der Waals surface area contributed by atoms with E-state index in [2.05, 4.69) is 15.5 Å². The van der Waals surface area contributed by atoms with Crippen LogP contribution in [-0.2, 0) is 11.3 Å². The Labute approximate surface area is 245 Å². The zero-order valence-electron chi connectivity index (χ0n) is 23.6. The van der Waals surface area contributed by atoms with Crippen LogP contribution in [0.1, 0.15) is 39.1 Å². The number of carbonyl (C=O) groups excluding carboxylic acids is 3. The summed E-state index contributed by atoms with van der Waals surface area (Å²) in [5, 5.41) is 6.18. The molecule has 2 aliphatic heterocycles. The number of hydrogen-bond acceptors (Lipinski definition) is 6. The Morgan fingerprint density at radius 2 is 1.48 bits per heavy atom. The highest BCUT2D eigenvalue weighted by molar-refractivity contribution is 5.99. The molecular weight excluding hydrogens is 537 g/mol. The minimum Gasteiger partial charge on any atom is -0.444 e. The average molecular weight is 574 g/mol. The molecule has 3 amide bonds. The Balaban J connectivity index is 1.33. The van der Waals surface area contributed by atoms with Crippen molar-refractivity contribution in [2.75, 3.05) is 62.6 Å². The summed E-state index contributed by atoms with van der Waals surface area (Å²) in [6, 6.07) is 20.4. The first-order valence-electron chi connectivity index (χ1n) is 14.4. The van der Waals surface area contributed by atoms with Gasteiger partial charge in [0, 0.05) is 56.9 Å². The van der Waals surface area contributed by atoms with Crippen molar-refractivity contribution in [1.82, 2.24) is 15.1 Å². The summed E-state index contributed by atoms with van der Waals surface area (Å²) in [7, 11) is 0. The van der Waals surface area contributed by atoms with Crippen LogP contribution in [0.5, 0.6) is 0 Å². The first-order valence-corrected chi connectivity index (χ1v) is 14.4. The molecule has 0 aromatic heterocycles. The third-order valence-corrected chi connectivity index (χ3v) is 7.54. The monoisotopic (exact) mass is 573 g/mol. The number of halogens is 1. The van der Waals surface area contributed by atoms with Crippen molar-refractivity contribution in [2.45, 2.75) is 19.4 Å². The Kier molecular flexibility index (Phi) is 9.66. The molecule has 2 saturated heterocycles. The minimum absolute atomic E-state index is 0.0853. The maximum atomic E-state index is 13.4. The molecule has 10 heteroatoms. The van der Waals surface area contributed by atoms with Crippen molar-refractivity contribution in [3.05, 3.63) is 95.3 Å². The summed E-state index contributed by atoms with van der Waals surface area (Å²) >= 11 is 0. The van der Waals surface area contributed by atoms with E-state index in [9.17, 15) is 18.8 Å². The molecule has 3 aromatic carbocycles. The van der Waals surface area contributed by atoms with E-state index in [4.69, 9.17) is 4.74 Å². The Hall–Kier alpha value is -4.44. The lowest BCUT2D eigenvalue weighted by Gasteiger charge is -2.27. The maximum Gasteiger partial charge on any atom is 0.412 e. The molecule has 0 atom stereocenters. The lowest BCUT2D eigenvalue weighted by Crippen LogP contribution is -2.35. The fourth-order valence-corrected chi connectivity index (χ4v) is 5.28. The number of hydrogen-bond donors (Lipinski definition) is 2. The van der Waals surface area contributed by atoms with Crippen LogP contribution in [-0.4, -0.2) is 80.1 Å². The lowest BCUT2D eigenvalue weighted by atomic mass is 10.1. The van der Waals surface area contributed by atoms with E-state index >= 15 is 0 Å². The van der Waals surface area contributed by atoms with Crippen LogP contribution in [0, 0.1) is 5.82 Å². The van der Waals surface area contributed by atoms with Crippen LogP contribution in [0.3, 0.4) is 0 Å². The first kappa shape index (κ1) is 29.1. The van der Waals surface area contributed by atoms with Crippen molar-refractivity contribution in [3.63, 3.8) is 0 Å². The van der Waals surface area contributed by atoms with E-state index in [0.29, 0.717) is 62.5 Å². The highest BCUT2D eigenvalue weighted by atomic mass is 19.1. The standard InChI is InChI=1S/C32H36FN5O4/c33-27-11-8-25(9-12-27)30(39)38-18-5-17-36(20-21-38)29-13-10-26(31(40)37-16-4-14-34-15-19-37)22-28(29)35-32(41)42-23-24-6-2-1-3-7-24/h1-3,6-13,22,34H,4-5,14-21,23H2,(H,35,41). The summed E-state index contributed by atoms with van der Waals surface area (Å²) in [6.07, 6.45) is 0.958. The zero-order chi connectivity index (χ0) is 29.3. The van der Waals surface area contributed by atoms with E-state index in [0.717, 1.165) is 30.8 Å². The lowest BCUT2D eigenvalue weighted by molar-refractivity contribution is 0.0759. The second-order valence-electron chi connectivity index (χ2n) is 10.5. The molecule has 0 aliphatic carbocycles. The Bertz CT molecular complexity index is 1380. The molecule has 3 aromatic rings. The van der Waals surface area contributed by atoms with Gasteiger partial charge in [-0.1, -0.05) is 30.3 Å². The quantitative estimate of drug-likeness (QED) is 0.455. The van der Waals surface area contributed by atoms with Crippen LogP contribution in [0.25, 0.3) is 0 Å². The molecule has 0 bridgehead atoms. The van der Waals surface area contributed by atoms with E-state index in [1.807, 2.05) is 41.3 Å². The third kappa shape index (κ3) is 7.44. The van der Waals surface area contributed by atoms with Crippen molar-refractivity contribution < 1.29 is 23.5 Å². The third-order valence-electron chi connectivity index (χ3n) is 7.54. The van der Waals surface area contributed by atoms with E-state index < -0.39 is 6.09 Å². The van der Waals surface area contributed by atoms with Crippen molar-refractivity contribution >= 4 is 29.3 Å². The highest BCUT2D eigenvalue weighted by Gasteiger charge is 2.24. The molecule has 0 unspecified atom stereocenters. The predicted molar refractivity (Wildman–Crippen MR) is 159 cm³/mol. The second kappa shape index (κ2) is 14.0. The SMILES string of the molecule is O=C(Nc1cc(C(=O)N2CCCNCC2)ccc1N1CCCN(C(=O)c2ccc(F)cc2)CC1)OCc1ccccc1. The summed E-state index contributed by atoms with van der Waals surface area (Å²) in [6.45, 7) is 5.18. The minimum atomic E-state index is -0.619. The van der Waals surface area contributed by atoms with Gasteiger partial charge in [-0.3, -0.25) is 14.9 Å².